The predicted octanol–water partition coefficient (Wildman–Crippen LogP) is 3.30. The van der Waals surface area contributed by atoms with Crippen LogP contribution in [0.4, 0.5) is 13.2 Å². The lowest BCUT2D eigenvalue weighted by atomic mass is 10.2. The average Bonchev–Trinajstić information content (AvgIpc) is 2.91. The van der Waals surface area contributed by atoms with Crippen LogP contribution in [0.5, 0.6) is 0 Å². The molecule has 1 aromatic heterocycles. The number of hydrogen-bond acceptors (Lipinski definition) is 2. The molecule has 1 N–H and O–H groups in total. The van der Waals surface area contributed by atoms with Gasteiger partial charge in [0.2, 0.25) is 0 Å². The van der Waals surface area contributed by atoms with Crippen LogP contribution in [-0.4, -0.2) is 34.7 Å². The number of nitrogens with one attached hydrogen (secondary N) is 1. The van der Waals surface area contributed by atoms with Gasteiger partial charge < -0.3 is 10.2 Å². The molecule has 2 aromatic rings. The smallest absolute Gasteiger partial charge is 0.352 e. The van der Waals surface area contributed by atoms with Gasteiger partial charge in [-0.2, -0.15) is 18.3 Å². The maximum atomic E-state index is 13.0. The number of aliphatic imine (C=N–C) groups is 1. The summed E-state index contributed by atoms with van der Waals surface area (Å²) in [5.41, 5.74) is 0.182. The van der Waals surface area contributed by atoms with E-state index in [4.69, 9.17) is 11.6 Å². The Morgan fingerprint density at radius 1 is 1.32 bits per heavy atom. The molecule has 0 saturated heterocycles. The molecule has 25 heavy (non-hydrogen) atoms. The molecule has 0 unspecified atom stereocenters. The third kappa shape index (κ3) is 5.12. The number of guanidine groups is 1. The molecule has 0 bridgehead atoms. The number of aryl methyl sites for hydroxylation is 1. The van der Waals surface area contributed by atoms with Gasteiger partial charge in [0.05, 0.1) is 0 Å². The number of hydrogen-bond donors (Lipinski definition) is 1. The molecule has 0 spiro atoms. The van der Waals surface area contributed by atoms with Crippen molar-refractivity contribution in [1.29, 1.82) is 0 Å². The number of rotatable bonds is 4. The molecule has 0 fully saturated rings. The minimum Gasteiger partial charge on any atom is -0.352 e. The molecule has 1 aromatic carbocycles. The summed E-state index contributed by atoms with van der Waals surface area (Å²) >= 11 is 5.86. The number of benzene rings is 1. The van der Waals surface area contributed by atoms with E-state index in [9.17, 15) is 13.2 Å². The van der Waals surface area contributed by atoms with Gasteiger partial charge in [-0.25, -0.2) is 0 Å². The fourth-order valence-electron chi connectivity index (χ4n) is 2.40. The first kappa shape index (κ1) is 19.1. The highest BCUT2D eigenvalue weighted by Crippen LogP contribution is 2.30. The molecular formula is C16H19ClF3N5. The van der Waals surface area contributed by atoms with Crippen molar-refractivity contribution in [1.82, 2.24) is 20.0 Å². The fraction of sp³-hybridized carbons (Fsp3) is 0.375. The van der Waals surface area contributed by atoms with Gasteiger partial charge in [0.15, 0.2) is 11.7 Å². The first-order valence-electron chi connectivity index (χ1n) is 7.46. The van der Waals surface area contributed by atoms with Crippen LogP contribution in [0.1, 0.15) is 16.8 Å². The maximum Gasteiger partial charge on any atom is 0.435 e. The first-order chi connectivity index (χ1) is 11.7. The van der Waals surface area contributed by atoms with Crippen LogP contribution in [0.2, 0.25) is 5.02 Å². The Morgan fingerprint density at radius 3 is 2.52 bits per heavy atom. The van der Waals surface area contributed by atoms with E-state index < -0.39 is 11.9 Å². The van der Waals surface area contributed by atoms with E-state index in [0.29, 0.717) is 17.5 Å². The van der Waals surface area contributed by atoms with E-state index in [1.807, 2.05) is 17.0 Å². The summed E-state index contributed by atoms with van der Waals surface area (Å²) in [7, 11) is 4.84. The van der Waals surface area contributed by atoms with Crippen LogP contribution in [-0.2, 0) is 26.3 Å². The van der Waals surface area contributed by atoms with Gasteiger partial charge in [-0.15, -0.1) is 0 Å². The third-order valence-corrected chi connectivity index (χ3v) is 3.77. The van der Waals surface area contributed by atoms with Gasteiger partial charge in [-0.05, 0) is 17.7 Å². The minimum atomic E-state index is -4.49. The quantitative estimate of drug-likeness (QED) is 0.660. The van der Waals surface area contributed by atoms with E-state index in [1.165, 1.54) is 13.2 Å². The van der Waals surface area contributed by atoms with Gasteiger partial charge in [0.1, 0.15) is 0 Å². The Morgan fingerprint density at radius 2 is 1.96 bits per heavy atom. The van der Waals surface area contributed by atoms with Gasteiger partial charge >= 0.3 is 6.18 Å². The molecule has 0 amide bonds. The van der Waals surface area contributed by atoms with Crippen molar-refractivity contribution in [3.63, 3.8) is 0 Å². The lowest BCUT2D eigenvalue weighted by Crippen LogP contribution is -2.38. The largest absolute Gasteiger partial charge is 0.435 e. The lowest BCUT2D eigenvalue weighted by molar-refractivity contribution is -0.142. The second-order valence-corrected chi connectivity index (χ2v) is 5.99. The fourth-order valence-corrected chi connectivity index (χ4v) is 2.53. The van der Waals surface area contributed by atoms with Crippen molar-refractivity contribution >= 4 is 17.6 Å². The van der Waals surface area contributed by atoms with Gasteiger partial charge in [-0.3, -0.25) is 9.67 Å². The summed E-state index contributed by atoms with van der Waals surface area (Å²) in [5, 5.41) is 7.08. The van der Waals surface area contributed by atoms with Crippen LogP contribution in [0.25, 0.3) is 0 Å². The van der Waals surface area contributed by atoms with Crippen LogP contribution < -0.4 is 5.32 Å². The number of alkyl halides is 3. The molecule has 2 rings (SSSR count). The molecule has 136 valence electrons. The molecule has 0 aliphatic rings. The third-order valence-electron chi connectivity index (χ3n) is 3.52. The van der Waals surface area contributed by atoms with Crippen LogP contribution in [0.3, 0.4) is 0 Å². The molecule has 0 radical (unpaired) electrons. The predicted molar refractivity (Wildman–Crippen MR) is 91.3 cm³/mol. The van der Waals surface area contributed by atoms with Crippen LogP contribution >= 0.6 is 11.6 Å². The Kier molecular flexibility index (Phi) is 5.94. The highest BCUT2D eigenvalue weighted by molar-refractivity contribution is 6.30. The topological polar surface area (TPSA) is 45.5 Å². The molecule has 0 atom stereocenters. The van der Waals surface area contributed by atoms with E-state index >= 15 is 0 Å². The van der Waals surface area contributed by atoms with E-state index in [1.54, 1.807) is 26.2 Å². The van der Waals surface area contributed by atoms with E-state index in [2.05, 4.69) is 15.4 Å². The Balaban J connectivity index is 2.04. The molecule has 9 heteroatoms. The van der Waals surface area contributed by atoms with Crippen molar-refractivity contribution in [2.75, 3.05) is 14.1 Å². The summed E-state index contributed by atoms with van der Waals surface area (Å²) in [6, 6.07) is 7.34. The maximum absolute atomic E-state index is 13.0. The van der Waals surface area contributed by atoms with Crippen molar-refractivity contribution in [2.24, 2.45) is 12.0 Å². The molecule has 1 heterocycles. The summed E-state index contributed by atoms with van der Waals surface area (Å²) in [6.45, 7) is 0.510. The average molecular weight is 374 g/mol. The van der Waals surface area contributed by atoms with Gasteiger partial charge in [0.25, 0.3) is 0 Å². The normalized spacial score (nSPS) is 12.4. The highest BCUT2D eigenvalue weighted by Gasteiger charge is 2.36. The van der Waals surface area contributed by atoms with Crippen molar-refractivity contribution in [3.8, 4) is 0 Å². The van der Waals surface area contributed by atoms with Crippen molar-refractivity contribution < 1.29 is 13.2 Å². The Hall–Kier alpha value is -2.22. The van der Waals surface area contributed by atoms with Crippen molar-refractivity contribution in [3.05, 3.63) is 52.3 Å². The highest BCUT2D eigenvalue weighted by atomic mass is 35.5. The van der Waals surface area contributed by atoms with E-state index in [0.717, 1.165) is 10.2 Å². The zero-order valence-electron chi connectivity index (χ0n) is 14.1. The summed E-state index contributed by atoms with van der Waals surface area (Å²) in [6.07, 6.45) is -3.14. The van der Waals surface area contributed by atoms with Gasteiger partial charge in [-0.1, -0.05) is 23.7 Å². The van der Waals surface area contributed by atoms with Crippen molar-refractivity contribution in [2.45, 2.75) is 19.3 Å². The zero-order chi connectivity index (χ0) is 18.6. The second-order valence-electron chi connectivity index (χ2n) is 5.56. The Bertz CT molecular complexity index is 737. The number of aromatic nitrogens is 2. The van der Waals surface area contributed by atoms with E-state index in [-0.39, 0.29) is 12.1 Å². The van der Waals surface area contributed by atoms with Crippen LogP contribution in [0, 0.1) is 0 Å². The monoisotopic (exact) mass is 373 g/mol. The zero-order valence-corrected chi connectivity index (χ0v) is 14.9. The molecule has 0 saturated carbocycles. The SMILES string of the molecule is CN=C(NCc1cn(C)nc1C(F)(F)F)N(C)Cc1ccc(Cl)cc1. The molecule has 5 nitrogen and oxygen atoms in total. The molecule has 0 aliphatic heterocycles. The molecular weight excluding hydrogens is 355 g/mol. The minimum absolute atomic E-state index is 0.0275. The molecule has 0 aliphatic carbocycles. The van der Waals surface area contributed by atoms with Gasteiger partial charge in [0, 0.05) is 51.0 Å². The number of halogens is 4. The summed E-state index contributed by atoms with van der Waals surface area (Å²) in [4.78, 5) is 5.92. The lowest BCUT2D eigenvalue weighted by Gasteiger charge is -2.22. The standard InChI is InChI=1S/C16H19ClF3N5/c1-21-15(24(2)9-11-4-6-13(17)7-5-11)22-8-12-10-25(3)23-14(12)16(18,19)20/h4-7,10H,8-9H2,1-3H3,(H,21,22). The summed E-state index contributed by atoms with van der Waals surface area (Å²) in [5.74, 6) is 0.479. The number of nitrogens with zero attached hydrogens (tertiary/aromatic N) is 4. The first-order valence-corrected chi connectivity index (χ1v) is 7.84. The van der Waals surface area contributed by atoms with Crippen LogP contribution in [0.15, 0.2) is 35.5 Å². The Labute approximate surface area is 149 Å². The second kappa shape index (κ2) is 7.77. The summed E-state index contributed by atoms with van der Waals surface area (Å²) < 4.78 is 40.1.